The first kappa shape index (κ1) is 16.2. The number of aliphatic hydroxyl groups is 5. The Kier molecular flexibility index (Phi) is 4.52. The standard InChI is InChI=1S/C14H20O7/c1-7(8-2-4-9(16)5-3-8)14(20)13(19)12(18)11(17)10(6-15)21-14/h2-5,7,10-13,15-20H,6H2,1H3/t7?,10-,11-,12+,13-,14-/m1/s1. The highest BCUT2D eigenvalue weighted by atomic mass is 16.7. The normalized spacial score (nSPS) is 38.2. The summed E-state index contributed by atoms with van der Waals surface area (Å²) in [4.78, 5) is 0. The van der Waals surface area contributed by atoms with Gasteiger partial charge in [-0.3, -0.25) is 0 Å². The van der Waals surface area contributed by atoms with E-state index in [1.807, 2.05) is 0 Å². The van der Waals surface area contributed by atoms with Crippen LogP contribution in [0.1, 0.15) is 18.4 Å². The summed E-state index contributed by atoms with van der Waals surface area (Å²) in [5, 5.41) is 58.6. The number of phenols is 1. The molecular formula is C14H20O7. The Hall–Kier alpha value is -1.22. The fraction of sp³-hybridized carbons (Fsp3) is 0.571. The molecule has 0 aliphatic carbocycles. The molecule has 7 heteroatoms. The molecule has 1 aliphatic heterocycles. The van der Waals surface area contributed by atoms with E-state index in [-0.39, 0.29) is 5.75 Å². The van der Waals surface area contributed by atoms with Crippen molar-refractivity contribution in [2.24, 2.45) is 0 Å². The predicted molar refractivity (Wildman–Crippen MR) is 71.5 cm³/mol. The van der Waals surface area contributed by atoms with Gasteiger partial charge in [0.15, 0.2) is 0 Å². The molecule has 0 bridgehead atoms. The second-order valence-electron chi connectivity index (χ2n) is 5.33. The lowest BCUT2D eigenvalue weighted by Crippen LogP contribution is -2.66. The van der Waals surface area contributed by atoms with E-state index in [9.17, 15) is 25.5 Å². The lowest BCUT2D eigenvalue weighted by atomic mass is 9.82. The van der Waals surface area contributed by atoms with Gasteiger partial charge < -0.3 is 35.4 Å². The molecule has 1 fully saturated rings. The van der Waals surface area contributed by atoms with Crippen molar-refractivity contribution in [2.45, 2.75) is 43.0 Å². The van der Waals surface area contributed by atoms with E-state index in [1.165, 1.54) is 12.1 Å². The van der Waals surface area contributed by atoms with E-state index in [0.29, 0.717) is 5.56 Å². The molecule has 1 aromatic carbocycles. The third kappa shape index (κ3) is 2.76. The molecule has 0 spiro atoms. The minimum Gasteiger partial charge on any atom is -0.508 e. The number of benzene rings is 1. The zero-order chi connectivity index (χ0) is 15.8. The molecule has 0 radical (unpaired) electrons. The van der Waals surface area contributed by atoms with E-state index < -0.39 is 42.7 Å². The third-order valence-corrected chi connectivity index (χ3v) is 4.01. The van der Waals surface area contributed by atoms with Crippen LogP contribution in [0.5, 0.6) is 5.75 Å². The summed E-state index contributed by atoms with van der Waals surface area (Å²) < 4.78 is 5.25. The maximum absolute atomic E-state index is 10.6. The summed E-state index contributed by atoms with van der Waals surface area (Å²) >= 11 is 0. The van der Waals surface area contributed by atoms with Gasteiger partial charge in [0.2, 0.25) is 5.79 Å². The van der Waals surface area contributed by atoms with Gasteiger partial charge in [-0.1, -0.05) is 19.1 Å². The summed E-state index contributed by atoms with van der Waals surface area (Å²) in [7, 11) is 0. The van der Waals surface area contributed by atoms with E-state index in [1.54, 1.807) is 19.1 Å². The van der Waals surface area contributed by atoms with Crippen molar-refractivity contribution in [3.8, 4) is 5.75 Å². The first-order chi connectivity index (χ1) is 9.81. The Morgan fingerprint density at radius 3 is 2.24 bits per heavy atom. The fourth-order valence-electron chi connectivity index (χ4n) is 2.54. The molecule has 0 saturated carbocycles. The Morgan fingerprint density at radius 1 is 1.14 bits per heavy atom. The number of phenolic OH excluding ortho intramolecular Hbond substituents is 1. The van der Waals surface area contributed by atoms with Gasteiger partial charge in [-0.25, -0.2) is 0 Å². The first-order valence-electron chi connectivity index (χ1n) is 6.65. The molecule has 0 amide bonds. The van der Waals surface area contributed by atoms with Crippen molar-refractivity contribution < 1.29 is 35.4 Å². The molecule has 1 saturated heterocycles. The van der Waals surface area contributed by atoms with Crippen LogP contribution in [0.15, 0.2) is 24.3 Å². The highest BCUT2D eigenvalue weighted by Crippen LogP contribution is 2.39. The summed E-state index contributed by atoms with van der Waals surface area (Å²) in [6.45, 7) is 0.948. The van der Waals surface area contributed by atoms with Crippen molar-refractivity contribution in [1.82, 2.24) is 0 Å². The number of aromatic hydroxyl groups is 1. The Morgan fingerprint density at radius 2 is 1.71 bits per heavy atom. The average Bonchev–Trinajstić information content (AvgIpc) is 2.49. The minimum absolute atomic E-state index is 0.0479. The van der Waals surface area contributed by atoms with Gasteiger partial charge in [0.1, 0.15) is 30.2 Å². The molecule has 6 N–H and O–H groups in total. The van der Waals surface area contributed by atoms with Gasteiger partial charge in [-0.05, 0) is 17.7 Å². The average molecular weight is 300 g/mol. The number of hydrogen-bond acceptors (Lipinski definition) is 7. The summed E-state index contributed by atoms with van der Waals surface area (Å²) in [6.07, 6.45) is -6.12. The van der Waals surface area contributed by atoms with Crippen molar-refractivity contribution in [1.29, 1.82) is 0 Å². The van der Waals surface area contributed by atoms with Crippen LogP contribution in [0.3, 0.4) is 0 Å². The third-order valence-electron chi connectivity index (χ3n) is 4.01. The Bertz CT molecular complexity index is 475. The highest BCUT2D eigenvalue weighted by Gasteiger charge is 2.55. The van der Waals surface area contributed by atoms with Crippen molar-refractivity contribution in [3.05, 3.63) is 29.8 Å². The van der Waals surface area contributed by atoms with Gasteiger partial charge in [0, 0.05) is 5.92 Å². The summed E-state index contributed by atoms with van der Waals surface area (Å²) in [5.41, 5.74) is 0.551. The molecule has 2 rings (SSSR count). The van der Waals surface area contributed by atoms with E-state index in [4.69, 9.17) is 9.84 Å². The second-order valence-corrected chi connectivity index (χ2v) is 5.33. The molecule has 1 aliphatic rings. The van der Waals surface area contributed by atoms with E-state index >= 15 is 0 Å². The molecule has 1 heterocycles. The van der Waals surface area contributed by atoms with Crippen LogP contribution in [0, 0.1) is 0 Å². The number of ether oxygens (including phenoxy) is 1. The van der Waals surface area contributed by atoms with Crippen LogP contribution in [0.2, 0.25) is 0 Å². The lowest BCUT2D eigenvalue weighted by Gasteiger charge is -2.48. The largest absolute Gasteiger partial charge is 0.508 e. The van der Waals surface area contributed by atoms with Crippen LogP contribution >= 0.6 is 0 Å². The highest BCUT2D eigenvalue weighted by molar-refractivity contribution is 5.29. The SMILES string of the molecule is CC(c1ccc(O)cc1)[C@@]1(O)O[C@H](CO)[C@@H](O)[C@H](O)[C@H]1O. The van der Waals surface area contributed by atoms with Crippen molar-refractivity contribution >= 4 is 0 Å². The molecule has 118 valence electrons. The zero-order valence-corrected chi connectivity index (χ0v) is 11.5. The zero-order valence-electron chi connectivity index (χ0n) is 11.5. The van der Waals surface area contributed by atoms with Crippen LogP contribution in [-0.2, 0) is 4.74 Å². The van der Waals surface area contributed by atoms with Crippen molar-refractivity contribution in [3.63, 3.8) is 0 Å². The molecule has 1 unspecified atom stereocenters. The van der Waals surface area contributed by atoms with Gasteiger partial charge >= 0.3 is 0 Å². The lowest BCUT2D eigenvalue weighted by molar-refractivity contribution is -0.356. The van der Waals surface area contributed by atoms with Gasteiger partial charge in [-0.15, -0.1) is 0 Å². The smallest absolute Gasteiger partial charge is 0.201 e. The fourth-order valence-corrected chi connectivity index (χ4v) is 2.54. The molecule has 1 aromatic rings. The van der Waals surface area contributed by atoms with Crippen LogP contribution in [-0.4, -0.2) is 67.4 Å². The molecule has 0 aromatic heterocycles. The minimum atomic E-state index is -2.18. The topological polar surface area (TPSA) is 131 Å². The maximum atomic E-state index is 10.6. The van der Waals surface area contributed by atoms with Crippen LogP contribution in [0.4, 0.5) is 0 Å². The van der Waals surface area contributed by atoms with Crippen LogP contribution in [0.25, 0.3) is 0 Å². The number of hydrogen-bond donors (Lipinski definition) is 6. The van der Waals surface area contributed by atoms with Crippen molar-refractivity contribution in [2.75, 3.05) is 6.61 Å². The maximum Gasteiger partial charge on any atom is 0.201 e. The Balaban J connectivity index is 2.32. The van der Waals surface area contributed by atoms with Gasteiger partial charge in [0.25, 0.3) is 0 Å². The van der Waals surface area contributed by atoms with Gasteiger partial charge in [0.05, 0.1) is 6.61 Å². The van der Waals surface area contributed by atoms with Crippen LogP contribution < -0.4 is 0 Å². The molecule has 7 nitrogen and oxygen atoms in total. The molecule has 6 atom stereocenters. The number of rotatable bonds is 3. The van der Waals surface area contributed by atoms with E-state index in [2.05, 4.69) is 0 Å². The second kappa shape index (κ2) is 5.88. The molecular weight excluding hydrogens is 280 g/mol. The number of aliphatic hydroxyl groups excluding tert-OH is 4. The summed E-state index contributed by atoms with van der Waals surface area (Å²) in [6, 6.07) is 5.91. The molecule has 21 heavy (non-hydrogen) atoms. The first-order valence-corrected chi connectivity index (χ1v) is 6.65. The monoisotopic (exact) mass is 300 g/mol. The van der Waals surface area contributed by atoms with Gasteiger partial charge in [-0.2, -0.15) is 0 Å². The predicted octanol–water partition coefficient (Wildman–Crippen LogP) is -1.34. The van der Waals surface area contributed by atoms with E-state index in [0.717, 1.165) is 0 Å². The summed E-state index contributed by atoms with van der Waals surface area (Å²) in [5.74, 6) is -2.90. The quantitative estimate of drug-likeness (QED) is 0.407. The Labute approximate surface area is 121 Å².